The zero-order valence-corrected chi connectivity index (χ0v) is 18.9. The summed E-state index contributed by atoms with van der Waals surface area (Å²) in [5.74, 6) is -13.6. The Morgan fingerprint density at radius 2 is 1.26 bits per heavy atom. The highest BCUT2D eigenvalue weighted by Gasteiger charge is 2.65. The van der Waals surface area contributed by atoms with Crippen LogP contribution in [0.5, 0.6) is 5.75 Å². The number of ether oxygens (including phenoxy) is 3. The second-order valence-corrected chi connectivity index (χ2v) is 8.51. The Morgan fingerprint density at radius 1 is 0.735 bits per heavy atom. The van der Waals surface area contributed by atoms with Crippen LogP contribution in [0.25, 0.3) is 11.1 Å². The molecule has 0 unspecified atom stereocenters. The van der Waals surface area contributed by atoms with Gasteiger partial charge in [-0.15, -0.1) is 0 Å². The molecule has 0 spiro atoms. The van der Waals surface area contributed by atoms with Crippen LogP contribution in [0.3, 0.4) is 0 Å². The second kappa shape index (κ2) is 9.41. The number of benzene rings is 2. The predicted octanol–water partition coefficient (Wildman–Crippen LogP) is 7.09. The summed E-state index contributed by atoms with van der Waals surface area (Å²) in [7, 11) is 0. The molecule has 0 atom stereocenters. The largest absolute Gasteiger partial charge is 0.491 e. The van der Waals surface area contributed by atoms with E-state index in [1.807, 2.05) is 6.92 Å². The molecule has 0 radical (unpaired) electrons. The van der Waals surface area contributed by atoms with Gasteiger partial charge in [-0.3, -0.25) is 0 Å². The molecule has 186 valence electrons. The SMILES string of the molecule is CCOc1ccc2c(c1F)C(F)(F)C(F)(F)c1c-2ccc(COC2CCC(OCC)CC2)c1F. The molecule has 2 aliphatic rings. The number of hydrogen-bond donors (Lipinski definition) is 0. The van der Waals surface area contributed by atoms with E-state index >= 15 is 13.2 Å². The molecule has 0 aliphatic heterocycles. The van der Waals surface area contributed by atoms with Crippen molar-refractivity contribution in [2.24, 2.45) is 0 Å². The molecule has 0 heterocycles. The van der Waals surface area contributed by atoms with Gasteiger partial charge in [-0.25, -0.2) is 8.78 Å². The Morgan fingerprint density at radius 3 is 1.82 bits per heavy atom. The summed E-state index contributed by atoms with van der Waals surface area (Å²) in [6, 6.07) is 4.47. The summed E-state index contributed by atoms with van der Waals surface area (Å²) in [6.45, 7) is 3.64. The van der Waals surface area contributed by atoms with Crippen molar-refractivity contribution in [2.75, 3.05) is 13.2 Å². The highest BCUT2D eigenvalue weighted by Crippen LogP contribution is 2.60. The third-order valence-corrected chi connectivity index (χ3v) is 6.44. The summed E-state index contributed by atoms with van der Waals surface area (Å²) in [5, 5.41) is 0. The fourth-order valence-electron chi connectivity index (χ4n) is 4.74. The lowest BCUT2D eigenvalue weighted by Gasteiger charge is -2.36. The fraction of sp³-hybridized carbons (Fsp3) is 0.520. The molecule has 0 saturated heterocycles. The maximum atomic E-state index is 15.3. The van der Waals surface area contributed by atoms with Crippen LogP contribution < -0.4 is 4.74 Å². The number of rotatable bonds is 7. The van der Waals surface area contributed by atoms with Gasteiger partial charge in [0.15, 0.2) is 11.6 Å². The van der Waals surface area contributed by atoms with E-state index in [1.54, 1.807) is 0 Å². The van der Waals surface area contributed by atoms with Crippen molar-refractivity contribution in [1.29, 1.82) is 0 Å². The smallest absolute Gasteiger partial charge is 0.343 e. The third-order valence-electron chi connectivity index (χ3n) is 6.44. The lowest BCUT2D eigenvalue weighted by atomic mass is 9.79. The highest BCUT2D eigenvalue weighted by atomic mass is 19.3. The van der Waals surface area contributed by atoms with Crippen LogP contribution in [0.15, 0.2) is 24.3 Å². The summed E-state index contributed by atoms with van der Waals surface area (Å²) in [6.07, 6.45) is 2.79. The molecule has 9 heteroatoms. The Hall–Kier alpha value is -2.26. The zero-order valence-electron chi connectivity index (χ0n) is 18.9. The lowest BCUT2D eigenvalue weighted by molar-refractivity contribution is -0.228. The molecule has 2 aromatic rings. The Kier molecular flexibility index (Phi) is 6.88. The van der Waals surface area contributed by atoms with Gasteiger partial charge < -0.3 is 14.2 Å². The van der Waals surface area contributed by atoms with Crippen LogP contribution >= 0.6 is 0 Å². The summed E-state index contributed by atoms with van der Waals surface area (Å²) in [4.78, 5) is 0. The van der Waals surface area contributed by atoms with Gasteiger partial charge in [0.25, 0.3) is 0 Å². The van der Waals surface area contributed by atoms with Gasteiger partial charge in [-0.1, -0.05) is 12.1 Å². The monoisotopic (exact) mass is 488 g/mol. The molecule has 3 nitrogen and oxygen atoms in total. The van der Waals surface area contributed by atoms with Crippen LogP contribution in [-0.2, 0) is 27.9 Å². The maximum Gasteiger partial charge on any atom is 0.343 e. The highest BCUT2D eigenvalue weighted by molar-refractivity contribution is 5.77. The van der Waals surface area contributed by atoms with Gasteiger partial charge in [0.05, 0.1) is 36.5 Å². The van der Waals surface area contributed by atoms with E-state index in [2.05, 4.69) is 0 Å². The van der Waals surface area contributed by atoms with E-state index in [0.29, 0.717) is 19.4 Å². The first kappa shape index (κ1) is 24.9. The first-order chi connectivity index (χ1) is 16.1. The fourth-order valence-corrected chi connectivity index (χ4v) is 4.74. The average molecular weight is 488 g/mol. The van der Waals surface area contributed by atoms with Gasteiger partial charge in [0.2, 0.25) is 0 Å². The number of fused-ring (bicyclic) bond motifs is 3. The molecule has 0 N–H and O–H groups in total. The maximum absolute atomic E-state index is 15.3. The second-order valence-electron chi connectivity index (χ2n) is 8.51. The van der Waals surface area contributed by atoms with Crippen molar-refractivity contribution in [3.63, 3.8) is 0 Å². The molecule has 1 fully saturated rings. The van der Waals surface area contributed by atoms with Crippen molar-refractivity contribution in [2.45, 2.75) is 70.2 Å². The van der Waals surface area contributed by atoms with Gasteiger partial charge in [-0.2, -0.15) is 17.6 Å². The van der Waals surface area contributed by atoms with Gasteiger partial charge in [0.1, 0.15) is 5.82 Å². The lowest BCUT2D eigenvalue weighted by Crippen LogP contribution is -2.41. The number of alkyl halides is 4. The number of halogens is 6. The van der Waals surface area contributed by atoms with Gasteiger partial charge >= 0.3 is 11.8 Å². The molecule has 34 heavy (non-hydrogen) atoms. The van der Waals surface area contributed by atoms with Crippen LogP contribution in [0, 0.1) is 11.6 Å². The molecule has 2 aliphatic carbocycles. The van der Waals surface area contributed by atoms with Crippen LogP contribution in [0.1, 0.15) is 56.2 Å². The molecule has 2 aromatic carbocycles. The third kappa shape index (κ3) is 4.06. The Balaban J connectivity index is 1.66. The van der Waals surface area contributed by atoms with E-state index in [1.165, 1.54) is 13.0 Å². The topological polar surface area (TPSA) is 27.7 Å². The molecule has 0 bridgehead atoms. The van der Waals surface area contributed by atoms with Crippen molar-refractivity contribution < 1.29 is 40.6 Å². The quantitative estimate of drug-likeness (QED) is 0.390. The van der Waals surface area contributed by atoms with Crippen LogP contribution in [0.4, 0.5) is 26.3 Å². The van der Waals surface area contributed by atoms with Crippen molar-refractivity contribution in [3.05, 3.63) is 52.6 Å². The van der Waals surface area contributed by atoms with Crippen molar-refractivity contribution in [1.82, 2.24) is 0 Å². The molecular formula is C25H26F6O3. The van der Waals surface area contributed by atoms with E-state index < -0.39 is 51.5 Å². The van der Waals surface area contributed by atoms with E-state index in [9.17, 15) is 13.2 Å². The van der Waals surface area contributed by atoms with Crippen molar-refractivity contribution in [3.8, 4) is 16.9 Å². The summed E-state index contributed by atoms with van der Waals surface area (Å²) in [5.41, 5.74) is -4.17. The van der Waals surface area contributed by atoms with E-state index in [4.69, 9.17) is 14.2 Å². The van der Waals surface area contributed by atoms with Crippen LogP contribution in [0.2, 0.25) is 0 Å². The minimum absolute atomic E-state index is 0.0421. The minimum Gasteiger partial charge on any atom is -0.491 e. The van der Waals surface area contributed by atoms with Gasteiger partial charge in [0, 0.05) is 12.2 Å². The standard InChI is InChI=1S/C25H26F6O3/c1-3-32-15-6-8-16(9-7-15)34-13-14-5-10-17-18-11-12-19(33-4-2)23(27)21(18)25(30,31)24(28,29)20(17)22(14)26/h5,10-12,15-16H,3-4,6-9,13H2,1-2H3. The summed E-state index contributed by atoms with van der Waals surface area (Å²) < 4.78 is 106. The molecule has 1 saturated carbocycles. The molecule has 4 rings (SSSR count). The van der Waals surface area contributed by atoms with E-state index in [0.717, 1.165) is 31.0 Å². The van der Waals surface area contributed by atoms with E-state index in [-0.39, 0.29) is 31.0 Å². The average Bonchev–Trinajstić information content (AvgIpc) is 2.79. The summed E-state index contributed by atoms with van der Waals surface area (Å²) >= 11 is 0. The van der Waals surface area contributed by atoms with Gasteiger partial charge in [-0.05, 0) is 62.8 Å². The first-order valence-electron chi connectivity index (χ1n) is 11.4. The molecule has 0 aromatic heterocycles. The predicted molar refractivity (Wildman–Crippen MR) is 113 cm³/mol. The van der Waals surface area contributed by atoms with Crippen LogP contribution in [-0.4, -0.2) is 25.4 Å². The molecule has 0 amide bonds. The minimum atomic E-state index is -4.98. The first-order valence-corrected chi connectivity index (χ1v) is 11.4. The Bertz CT molecular complexity index is 1050. The Labute approximate surface area is 194 Å². The van der Waals surface area contributed by atoms with Crippen molar-refractivity contribution >= 4 is 0 Å². The zero-order chi connectivity index (χ0) is 24.7. The molecular weight excluding hydrogens is 462 g/mol. The number of hydrogen-bond acceptors (Lipinski definition) is 3. The normalized spacial score (nSPS) is 22.7.